The van der Waals surface area contributed by atoms with Crippen molar-refractivity contribution >= 4 is 23.3 Å². The Hall–Kier alpha value is -1.87. The number of ether oxygens (including phenoxy) is 2. The lowest BCUT2D eigenvalue weighted by atomic mass is 10.0. The van der Waals surface area contributed by atoms with Crippen LogP contribution in [0.1, 0.15) is 53.6 Å². The molecule has 6 heteroatoms. The quantitative estimate of drug-likeness (QED) is 0.480. The molecule has 0 saturated carbocycles. The van der Waals surface area contributed by atoms with Crippen molar-refractivity contribution in [1.82, 2.24) is 0 Å². The molecule has 0 radical (unpaired) electrons. The van der Waals surface area contributed by atoms with Gasteiger partial charge in [0.15, 0.2) is 0 Å². The van der Waals surface area contributed by atoms with Crippen LogP contribution in [-0.4, -0.2) is 25.7 Å². The Morgan fingerprint density at radius 2 is 2.00 bits per heavy atom. The molecule has 0 spiro atoms. The number of hydrogen-bond donors (Lipinski definition) is 0. The molecule has 0 aromatic carbocycles. The van der Waals surface area contributed by atoms with Crippen molar-refractivity contribution in [3.63, 3.8) is 0 Å². The Morgan fingerprint density at radius 1 is 1.26 bits per heavy atom. The largest absolute Gasteiger partial charge is 0.465 e. The van der Waals surface area contributed by atoms with E-state index in [1.165, 1.54) is 23.3 Å². The number of nitriles is 1. The fraction of sp³-hybridized carbons (Fsp3) is 0.588. The fourth-order valence-corrected chi connectivity index (χ4v) is 3.17. The minimum atomic E-state index is -0.644. The van der Waals surface area contributed by atoms with E-state index in [9.17, 15) is 9.59 Å². The van der Waals surface area contributed by atoms with E-state index < -0.39 is 11.9 Å². The molecular weight excluding hydrogens is 314 g/mol. The fourth-order valence-electron chi connectivity index (χ4n) is 2.20. The first-order valence-corrected chi connectivity index (χ1v) is 8.67. The van der Waals surface area contributed by atoms with Gasteiger partial charge >= 0.3 is 11.9 Å². The molecule has 23 heavy (non-hydrogen) atoms. The summed E-state index contributed by atoms with van der Waals surface area (Å²) in [6.07, 6.45) is 5.37. The van der Waals surface area contributed by atoms with Gasteiger partial charge in [-0.3, -0.25) is 4.79 Å². The van der Waals surface area contributed by atoms with Crippen LogP contribution in [0.4, 0.5) is 0 Å². The summed E-state index contributed by atoms with van der Waals surface area (Å²) < 4.78 is 9.55. The van der Waals surface area contributed by atoms with E-state index in [4.69, 9.17) is 10.00 Å². The number of aryl methyl sites for hydroxylation is 1. The number of thiophene rings is 1. The molecule has 0 saturated heterocycles. The Kier molecular flexibility index (Phi) is 9.00. The molecular formula is C17H23NO4S. The van der Waals surface area contributed by atoms with Crippen molar-refractivity contribution in [1.29, 1.82) is 5.26 Å². The normalized spacial score (nSPS) is 11.5. The molecule has 1 unspecified atom stereocenters. The van der Waals surface area contributed by atoms with Gasteiger partial charge < -0.3 is 9.47 Å². The third-order valence-corrected chi connectivity index (χ3v) is 4.57. The number of nitrogens with zero attached hydrogens (tertiary/aromatic N) is 1. The van der Waals surface area contributed by atoms with E-state index >= 15 is 0 Å². The summed E-state index contributed by atoms with van der Waals surface area (Å²) in [6.45, 7) is 2.05. The molecule has 126 valence electrons. The Bertz CT molecular complexity index is 547. The van der Waals surface area contributed by atoms with Gasteiger partial charge in [-0.05, 0) is 38.3 Å². The monoisotopic (exact) mass is 337 g/mol. The first kappa shape index (κ1) is 19.2. The standard InChI is InChI=1S/C17H23NO4S/c1-3-22-16(19)13(12-18)8-6-4-5-7-9-14-10-11-15(23-14)17(20)21-2/h10-11,13H,3-9H2,1-2H3. The number of rotatable bonds is 10. The number of hydrogen-bond acceptors (Lipinski definition) is 6. The SMILES string of the molecule is CCOC(=O)C(C#N)CCCCCCc1ccc(C(=O)OC)s1. The molecule has 0 fully saturated rings. The molecule has 0 N–H and O–H groups in total. The topological polar surface area (TPSA) is 76.4 Å². The first-order valence-electron chi connectivity index (χ1n) is 7.85. The van der Waals surface area contributed by atoms with Crippen molar-refractivity contribution in [3.05, 3.63) is 21.9 Å². The predicted octanol–water partition coefficient (Wildman–Crippen LogP) is 3.73. The molecule has 1 atom stereocenters. The van der Waals surface area contributed by atoms with Gasteiger partial charge in [-0.1, -0.05) is 19.3 Å². The van der Waals surface area contributed by atoms with E-state index in [-0.39, 0.29) is 5.97 Å². The van der Waals surface area contributed by atoms with Crippen LogP contribution in [0.15, 0.2) is 12.1 Å². The molecule has 1 heterocycles. The Labute approximate surface area is 141 Å². The van der Waals surface area contributed by atoms with Crippen molar-refractivity contribution in [3.8, 4) is 6.07 Å². The van der Waals surface area contributed by atoms with E-state index in [1.807, 2.05) is 12.1 Å². The van der Waals surface area contributed by atoms with E-state index in [0.29, 0.717) is 17.9 Å². The summed E-state index contributed by atoms with van der Waals surface area (Å²) in [7, 11) is 1.38. The van der Waals surface area contributed by atoms with Crippen LogP contribution in [0.2, 0.25) is 0 Å². The predicted molar refractivity (Wildman–Crippen MR) is 88.2 cm³/mol. The Morgan fingerprint density at radius 3 is 2.65 bits per heavy atom. The summed E-state index contributed by atoms with van der Waals surface area (Å²) in [5.41, 5.74) is 0. The van der Waals surface area contributed by atoms with Gasteiger partial charge in [-0.25, -0.2) is 4.79 Å². The third kappa shape index (κ3) is 6.83. The van der Waals surface area contributed by atoms with Crippen molar-refractivity contribution in [2.75, 3.05) is 13.7 Å². The van der Waals surface area contributed by atoms with E-state index in [0.717, 1.165) is 32.1 Å². The summed E-state index contributed by atoms with van der Waals surface area (Å²) in [5, 5.41) is 8.95. The highest BCUT2D eigenvalue weighted by Crippen LogP contribution is 2.20. The molecule has 1 aromatic heterocycles. The maximum Gasteiger partial charge on any atom is 0.348 e. The molecule has 0 amide bonds. The van der Waals surface area contributed by atoms with Crippen molar-refractivity contribution < 1.29 is 19.1 Å². The second kappa shape index (κ2) is 10.8. The minimum absolute atomic E-state index is 0.289. The highest BCUT2D eigenvalue weighted by Gasteiger charge is 2.18. The number of carbonyl (C=O) groups is 2. The maximum atomic E-state index is 11.5. The maximum absolute atomic E-state index is 11.5. The average Bonchev–Trinajstić information content (AvgIpc) is 3.02. The molecule has 0 aliphatic carbocycles. The molecule has 0 aliphatic heterocycles. The van der Waals surface area contributed by atoms with Crippen LogP contribution in [0.3, 0.4) is 0 Å². The van der Waals surface area contributed by atoms with Gasteiger partial charge in [-0.15, -0.1) is 11.3 Å². The van der Waals surface area contributed by atoms with Gasteiger partial charge in [0.05, 0.1) is 19.8 Å². The molecule has 0 aliphatic rings. The summed E-state index contributed by atoms with van der Waals surface area (Å²) in [5.74, 6) is -1.35. The lowest BCUT2D eigenvalue weighted by Gasteiger charge is -2.07. The minimum Gasteiger partial charge on any atom is -0.465 e. The van der Waals surface area contributed by atoms with Gasteiger partial charge in [0, 0.05) is 4.88 Å². The summed E-state index contributed by atoms with van der Waals surface area (Å²) >= 11 is 1.47. The van der Waals surface area contributed by atoms with Crippen LogP contribution in [0.25, 0.3) is 0 Å². The summed E-state index contributed by atoms with van der Waals surface area (Å²) in [4.78, 5) is 24.6. The third-order valence-electron chi connectivity index (χ3n) is 3.44. The first-order chi connectivity index (χ1) is 11.1. The molecule has 1 aromatic rings. The van der Waals surface area contributed by atoms with Crippen LogP contribution in [0.5, 0.6) is 0 Å². The van der Waals surface area contributed by atoms with Crippen LogP contribution in [-0.2, 0) is 20.7 Å². The number of unbranched alkanes of at least 4 members (excludes halogenated alkanes) is 3. The van der Waals surface area contributed by atoms with E-state index in [1.54, 1.807) is 13.0 Å². The zero-order chi connectivity index (χ0) is 17.1. The van der Waals surface area contributed by atoms with Gasteiger partial charge in [0.2, 0.25) is 0 Å². The number of esters is 2. The van der Waals surface area contributed by atoms with Gasteiger partial charge in [0.1, 0.15) is 10.8 Å². The average molecular weight is 337 g/mol. The molecule has 1 rings (SSSR count). The van der Waals surface area contributed by atoms with Crippen LogP contribution < -0.4 is 0 Å². The highest BCUT2D eigenvalue weighted by atomic mass is 32.1. The van der Waals surface area contributed by atoms with Crippen molar-refractivity contribution in [2.24, 2.45) is 5.92 Å². The van der Waals surface area contributed by atoms with Crippen LogP contribution >= 0.6 is 11.3 Å². The molecule has 0 bridgehead atoms. The second-order valence-corrected chi connectivity index (χ2v) is 6.31. The van der Waals surface area contributed by atoms with Crippen LogP contribution in [0, 0.1) is 17.2 Å². The van der Waals surface area contributed by atoms with Gasteiger partial charge in [0.25, 0.3) is 0 Å². The van der Waals surface area contributed by atoms with Crippen molar-refractivity contribution in [2.45, 2.75) is 45.4 Å². The number of carbonyl (C=O) groups excluding carboxylic acids is 2. The Balaban J connectivity index is 2.18. The second-order valence-electron chi connectivity index (χ2n) is 5.14. The van der Waals surface area contributed by atoms with E-state index in [2.05, 4.69) is 4.74 Å². The molecule has 5 nitrogen and oxygen atoms in total. The number of methoxy groups -OCH3 is 1. The highest BCUT2D eigenvalue weighted by molar-refractivity contribution is 7.13. The van der Waals surface area contributed by atoms with Gasteiger partial charge in [-0.2, -0.15) is 5.26 Å². The summed E-state index contributed by atoms with van der Waals surface area (Å²) in [6, 6.07) is 5.76. The lowest BCUT2D eigenvalue weighted by molar-refractivity contribution is -0.146. The smallest absolute Gasteiger partial charge is 0.348 e. The zero-order valence-electron chi connectivity index (χ0n) is 13.7. The zero-order valence-corrected chi connectivity index (χ0v) is 14.5. The lowest BCUT2D eigenvalue weighted by Crippen LogP contribution is -2.16.